The van der Waals surface area contributed by atoms with Gasteiger partial charge in [0.05, 0.1) is 5.56 Å². The fourth-order valence-electron chi connectivity index (χ4n) is 2.29. The number of ketones is 1. The minimum atomic E-state index is -0.647. The summed E-state index contributed by atoms with van der Waals surface area (Å²) in [4.78, 5) is 24.3. The van der Waals surface area contributed by atoms with Crippen LogP contribution in [0.25, 0.3) is 0 Å². The molecule has 1 aromatic rings. The molecule has 0 bridgehead atoms. The third-order valence-electron chi connectivity index (χ3n) is 3.03. The van der Waals surface area contributed by atoms with Crippen molar-refractivity contribution in [3.63, 3.8) is 0 Å². The first-order valence-corrected chi connectivity index (χ1v) is 6.79. The van der Waals surface area contributed by atoms with Gasteiger partial charge < -0.3 is 4.42 Å². The molecular formula is C13H13NO3S. The van der Waals surface area contributed by atoms with Crippen molar-refractivity contribution in [1.82, 2.24) is 0 Å². The summed E-state index contributed by atoms with van der Waals surface area (Å²) in [5, 5.41) is 8.99. The number of thioether (sulfide) groups is 1. The molecule has 2 rings (SSSR count). The van der Waals surface area contributed by atoms with Crippen LogP contribution in [0.2, 0.25) is 0 Å². The van der Waals surface area contributed by atoms with Gasteiger partial charge in [-0.05, 0) is 11.7 Å². The van der Waals surface area contributed by atoms with E-state index < -0.39 is 5.63 Å². The first-order valence-electron chi connectivity index (χ1n) is 5.57. The lowest BCUT2D eigenvalue weighted by Gasteiger charge is -2.29. The van der Waals surface area contributed by atoms with Crippen molar-refractivity contribution in [2.45, 2.75) is 31.6 Å². The fourth-order valence-corrected chi connectivity index (χ4v) is 3.05. The van der Waals surface area contributed by atoms with Crippen molar-refractivity contribution in [2.75, 3.05) is 6.26 Å². The molecule has 0 saturated carbocycles. The molecule has 0 unspecified atom stereocenters. The van der Waals surface area contributed by atoms with Gasteiger partial charge in [0.2, 0.25) is 0 Å². The maximum atomic E-state index is 12.2. The Labute approximate surface area is 109 Å². The van der Waals surface area contributed by atoms with Crippen LogP contribution >= 0.6 is 11.8 Å². The van der Waals surface area contributed by atoms with Gasteiger partial charge in [0, 0.05) is 17.7 Å². The highest BCUT2D eigenvalue weighted by atomic mass is 32.2. The van der Waals surface area contributed by atoms with Crippen LogP contribution in [0.5, 0.6) is 0 Å². The Kier molecular flexibility index (Phi) is 3.07. The zero-order chi connectivity index (χ0) is 13.5. The summed E-state index contributed by atoms with van der Waals surface area (Å²) in [6, 6.07) is 1.83. The van der Waals surface area contributed by atoms with Crippen LogP contribution in [0.4, 0.5) is 0 Å². The normalized spacial score (nSPS) is 17.1. The smallest absolute Gasteiger partial charge is 0.355 e. The van der Waals surface area contributed by atoms with E-state index in [0.29, 0.717) is 29.1 Å². The van der Waals surface area contributed by atoms with Crippen LogP contribution in [-0.2, 0) is 6.42 Å². The second kappa shape index (κ2) is 4.29. The van der Waals surface area contributed by atoms with Crippen molar-refractivity contribution in [1.29, 1.82) is 5.26 Å². The summed E-state index contributed by atoms with van der Waals surface area (Å²) in [6.45, 7) is 3.93. The highest BCUT2D eigenvalue weighted by Gasteiger charge is 2.36. The Morgan fingerprint density at radius 1 is 1.33 bits per heavy atom. The Morgan fingerprint density at radius 3 is 2.56 bits per heavy atom. The molecule has 4 nitrogen and oxygen atoms in total. The molecule has 18 heavy (non-hydrogen) atoms. The van der Waals surface area contributed by atoms with Gasteiger partial charge in [0.25, 0.3) is 0 Å². The Hall–Kier alpha value is -1.54. The zero-order valence-corrected chi connectivity index (χ0v) is 11.3. The first-order chi connectivity index (χ1) is 8.39. The lowest BCUT2D eigenvalue weighted by molar-refractivity contribution is 0.0892. The van der Waals surface area contributed by atoms with Crippen molar-refractivity contribution in [3.05, 3.63) is 27.3 Å². The maximum Gasteiger partial charge on any atom is 0.355 e. The van der Waals surface area contributed by atoms with E-state index in [1.165, 1.54) is 11.8 Å². The number of hydrogen-bond donors (Lipinski definition) is 0. The number of carbonyl (C=O) groups excluding carboxylic acids is 1. The molecular weight excluding hydrogens is 250 g/mol. The molecule has 5 heteroatoms. The minimum absolute atomic E-state index is 0.0501. The van der Waals surface area contributed by atoms with Crippen LogP contribution in [0, 0.1) is 16.7 Å². The van der Waals surface area contributed by atoms with Crippen molar-refractivity contribution < 1.29 is 9.21 Å². The number of Topliss-reactive ketones (excluding diaryl/α,β-unsaturated/α-hetero) is 1. The van der Waals surface area contributed by atoms with Gasteiger partial charge in [-0.25, -0.2) is 4.79 Å². The van der Waals surface area contributed by atoms with Gasteiger partial charge in [-0.1, -0.05) is 13.8 Å². The van der Waals surface area contributed by atoms with Gasteiger partial charge in [-0.3, -0.25) is 4.79 Å². The highest BCUT2D eigenvalue weighted by molar-refractivity contribution is 7.98. The highest BCUT2D eigenvalue weighted by Crippen LogP contribution is 2.38. The van der Waals surface area contributed by atoms with Gasteiger partial charge >= 0.3 is 5.63 Å². The van der Waals surface area contributed by atoms with E-state index in [4.69, 9.17) is 9.68 Å². The molecule has 1 aromatic heterocycles. The summed E-state index contributed by atoms with van der Waals surface area (Å²) in [7, 11) is 0. The lowest BCUT2D eigenvalue weighted by Crippen LogP contribution is -2.29. The predicted molar refractivity (Wildman–Crippen MR) is 67.9 cm³/mol. The number of fused-ring (bicyclic) bond motifs is 1. The van der Waals surface area contributed by atoms with E-state index >= 15 is 0 Å². The van der Waals surface area contributed by atoms with Crippen LogP contribution in [0.1, 0.15) is 41.9 Å². The Morgan fingerprint density at radius 2 is 2.00 bits per heavy atom. The standard InChI is InChI=1S/C13H13NO3S/c1-13(2)4-8(15)10-9(5-13)17-12(16)7(6-14)11(10)18-3/h4-5H2,1-3H3. The van der Waals surface area contributed by atoms with Crippen LogP contribution in [0.3, 0.4) is 0 Å². The van der Waals surface area contributed by atoms with Gasteiger partial charge in [0.15, 0.2) is 11.3 Å². The number of rotatable bonds is 1. The summed E-state index contributed by atoms with van der Waals surface area (Å²) in [5.74, 6) is 0.371. The number of nitrogens with zero attached hydrogens (tertiary/aromatic N) is 1. The predicted octanol–water partition coefficient (Wildman–Crippen LogP) is 2.39. The molecule has 0 spiro atoms. The van der Waals surface area contributed by atoms with Gasteiger partial charge in [-0.15, -0.1) is 11.8 Å². The molecule has 0 radical (unpaired) electrons. The summed E-state index contributed by atoms with van der Waals surface area (Å²) in [6.07, 6.45) is 2.71. The second-order valence-electron chi connectivity index (χ2n) is 5.15. The molecule has 0 atom stereocenters. The zero-order valence-electron chi connectivity index (χ0n) is 10.5. The van der Waals surface area contributed by atoms with Crippen molar-refractivity contribution in [3.8, 4) is 6.07 Å². The van der Waals surface area contributed by atoms with E-state index in [2.05, 4.69) is 0 Å². The average molecular weight is 263 g/mol. The summed E-state index contributed by atoms with van der Waals surface area (Å²) in [5.41, 5.74) is -0.484. The number of hydrogen-bond acceptors (Lipinski definition) is 5. The molecule has 1 aliphatic rings. The van der Waals surface area contributed by atoms with Crippen LogP contribution in [0.15, 0.2) is 14.1 Å². The monoisotopic (exact) mass is 263 g/mol. The molecule has 0 amide bonds. The SMILES string of the molecule is CSc1c2c(oc(=O)c1C#N)CC(C)(C)CC2=O. The topological polar surface area (TPSA) is 71.1 Å². The molecule has 0 aliphatic heterocycles. The van der Waals surface area contributed by atoms with Crippen LogP contribution < -0.4 is 5.63 Å². The maximum absolute atomic E-state index is 12.2. The second-order valence-corrected chi connectivity index (χ2v) is 5.97. The largest absolute Gasteiger partial charge is 0.426 e. The lowest BCUT2D eigenvalue weighted by atomic mass is 9.76. The first kappa shape index (κ1) is 12.9. The molecule has 1 aliphatic carbocycles. The summed E-state index contributed by atoms with van der Waals surface area (Å²) < 4.78 is 5.16. The van der Waals surface area contributed by atoms with Gasteiger partial charge in [-0.2, -0.15) is 5.26 Å². The Bertz CT molecular complexity index is 622. The quantitative estimate of drug-likeness (QED) is 0.727. The van der Waals surface area contributed by atoms with E-state index in [9.17, 15) is 9.59 Å². The van der Waals surface area contributed by atoms with Gasteiger partial charge in [0.1, 0.15) is 11.8 Å². The van der Waals surface area contributed by atoms with Crippen molar-refractivity contribution in [2.24, 2.45) is 5.41 Å². The molecule has 0 fully saturated rings. The summed E-state index contributed by atoms with van der Waals surface area (Å²) >= 11 is 1.25. The average Bonchev–Trinajstić information content (AvgIpc) is 2.25. The molecule has 0 saturated heterocycles. The van der Waals surface area contributed by atoms with E-state index in [1.54, 1.807) is 6.26 Å². The molecule has 0 aromatic carbocycles. The number of carbonyl (C=O) groups is 1. The molecule has 0 N–H and O–H groups in total. The molecule has 94 valence electrons. The number of nitriles is 1. The van der Waals surface area contributed by atoms with E-state index in [-0.39, 0.29) is 16.8 Å². The minimum Gasteiger partial charge on any atom is -0.426 e. The van der Waals surface area contributed by atoms with Crippen molar-refractivity contribution >= 4 is 17.5 Å². The van der Waals surface area contributed by atoms with E-state index in [0.717, 1.165) is 0 Å². The fraction of sp³-hybridized carbons (Fsp3) is 0.462. The third kappa shape index (κ3) is 1.97. The van der Waals surface area contributed by atoms with Crippen LogP contribution in [-0.4, -0.2) is 12.0 Å². The van der Waals surface area contributed by atoms with E-state index in [1.807, 2.05) is 19.9 Å². The molecule has 1 heterocycles. The Balaban J connectivity index is 2.77. The third-order valence-corrected chi connectivity index (χ3v) is 3.84.